The number of benzene rings is 1. The van der Waals surface area contributed by atoms with Crippen molar-refractivity contribution in [1.82, 2.24) is 20.5 Å². The van der Waals surface area contributed by atoms with Crippen LogP contribution in [0.5, 0.6) is 5.75 Å². The highest BCUT2D eigenvalue weighted by molar-refractivity contribution is 5.93. The summed E-state index contributed by atoms with van der Waals surface area (Å²) >= 11 is 0. The van der Waals surface area contributed by atoms with Crippen molar-refractivity contribution in [3.63, 3.8) is 0 Å². The molecule has 1 heterocycles. The van der Waals surface area contributed by atoms with Crippen molar-refractivity contribution in [3.8, 4) is 5.75 Å². The lowest BCUT2D eigenvalue weighted by Gasteiger charge is -2.13. The Morgan fingerprint density at radius 2 is 2.00 bits per heavy atom. The minimum atomic E-state index is -1.19. The molecular weight excluding hydrogens is 278 g/mol. The number of phenolic OH excluding ortho intramolecular Hbond substituents is 1. The van der Waals surface area contributed by atoms with Crippen LogP contribution >= 0.6 is 0 Å². The Labute approximate surface area is 118 Å². The van der Waals surface area contributed by atoms with Gasteiger partial charge in [0.05, 0.1) is 0 Å². The number of carboxylic acids is 1. The number of anilines is 1. The molecule has 0 aliphatic carbocycles. The highest BCUT2D eigenvalue weighted by atomic mass is 16.4. The number of nitrogens with two attached hydrogens (primary N) is 1. The highest BCUT2D eigenvalue weighted by Gasteiger charge is 2.22. The first-order valence-electron chi connectivity index (χ1n) is 5.95. The summed E-state index contributed by atoms with van der Waals surface area (Å²) in [5.41, 5.74) is 5.92. The summed E-state index contributed by atoms with van der Waals surface area (Å²) in [4.78, 5) is 26.6. The van der Waals surface area contributed by atoms with Gasteiger partial charge in [0.25, 0.3) is 5.91 Å². The molecule has 0 unspecified atom stereocenters. The molecule has 0 saturated heterocycles. The Kier molecular flexibility index (Phi) is 4.02. The Balaban J connectivity index is 2.07. The predicted molar refractivity (Wildman–Crippen MR) is 71.5 cm³/mol. The van der Waals surface area contributed by atoms with E-state index in [9.17, 15) is 14.7 Å². The number of rotatable bonds is 5. The van der Waals surface area contributed by atoms with Gasteiger partial charge in [0.15, 0.2) is 0 Å². The molecule has 1 aromatic heterocycles. The molecule has 9 heteroatoms. The highest BCUT2D eigenvalue weighted by Crippen LogP contribution is 2.11. The zero-order valence-corrected chi connectivity index (χ0v) is 10.8. The molecule has 1 atom stereocenters. The van der Waals surface area contributed by atoms with Crippen LogP contribution in [0.1, 0.15) is 16.2 Å². The zero-order valence-electron chi connectivity index (χ0n) is 10.8. The van der Waals surface area contributed by atoms with Gasteiger partial charge in [-0.05, 0) is 17.7 Å². The molecule has 9 nitrogen and oxygen atoms in total. The third-order valence-electron chi connectivity index (χ3n) is 2.70. The van der Waals surface area contributed by atoms with Gasteiger partial charge in [0.1, 0.15) is 11.8 Å². The van der Waals surface area contributed by atoms with Crippen LogP contribution in [0.2, 0.25) is 0 Å². The lowest BCUT2D eigenvalue weighted by molar-refractivity contribution is -0.139. The van der Waals surface area contributed by atoms with Crippen LogP contribution in [-0.4, -0.2) is 43.3 Å². The third kappa shape index (κ3) is 3.69. The van der Waals surface area contributed by atoms with Crippen molar-refractivity contribution in [2.24, 2.45) is 0 Å². The van der Waals surface area contributed by atoms with Crippen molar-refractivity contribution in [2.45, 2.75) is 12.5 Å². The van der Waals surface area contributed by atoms with Gasteiger partial charge < -0.3 is 21.3 Å². The van der Waals surface area contributed by atoms with Crippen LogP contribution in [0.15, 0.2) is 24.3 Å². The molecule has 1 amide bonds. The molecule has 0 bridgehead atoms. The van der Waals surface area contributed by atoms with Crippen LogP contribution in [0.4, 0.5) is 5.95 Å². The minimum Gasteiger partial charge on any atom is -0.508 e. The summed E-state index contributed by atoms with van der Waals surface area (Å²) in [5, 5.41) is 26.4. The Morgan fingerprint density at radius 1 is 1.33 bits per heavy atom. The first-order valence-corrected chi connectivity index (χ1v) is 5.95. The Bertz CT molecular complexity index is 652. The van der Waals surface area contributed by atoms with Gasteiger partial charge in [0, 0.05) is 6.42 Å². The van der Waals surface area contributed by atoms with Gasteiger partial charge in [-0.25, -0.2) is 4.79 Å². The number of phenols is 1. The average Bonchev–Trinajstić information content (AvgIpc) is 2.87. The standard InChI is InChI=1S/C12H13N5O4/c13-12-15-9(16-17-12)10(19)14-8(11(20)21)5-6-1-3-7(18)4-2-6/h1-4,8,18H,5H2,(H,14,19)(H,20,21)(H3,13,15,16,17)/t8-/m1/s1. The molecule has 0 aliphatic heterocycles. The first kappa shape index (κ1) is 14.3. The van der Waals surface area contributed by atoms with Crippen LogP contribution in [0.25, 0.3) is 0 Å². The molecule has 2 rings (SSSR count). The summed E-state index contributed by atoms with van der Waals surface area (Å²) in [5.74, 6) is -2.10. The second-order valence-corrected chi connectivity index (χ2v) is 4.28. The van der Waals surface area contributed by atoms with Crippen LogP contribution < -0.4 is 11.1 Å². The minimum absolute atomic E-state index is 0.0605. The summed E-state index contributed by atoms with van der Waals surface area (Å²) in [6, 6.07) is 4.88. The molecule has 0 fully saturated rings. The number of H-pyrrole nitrogens is 1. The fourth-order valence-corrected chi connectivity index (χ4v) is 1.67. The van der Waals surface area contributed by atoms with E-state index in [2.05, 4.69) is 20.5 Å². The van der Waals surface area contributed by atoms with E-state index >= 15 is 0 Å². The number of nitrogens with zero attached hydrogens (tertiary/aromatic N) is 2. The second kappa shape index (κ2) is 5.90. The Morgan fingerprint density at radius 3 is 2.52 bits per heavy atom. The van der Waals surface area contributed by atoms with E-state index in [0.717, 1.165) is 0 Å². The average molecular weight is 291 g/mol. The molecule has 0 saturated carbocycles. The van der Waals surface area contributed by atoms with Gasteiger partial charge in [-0.2, -0.15) is 4.98 Å². The molecule has 2 aromatic rings. The van der Waals surface area contributed by atoms with E-state index in [4.69, 9.17) is 10.8 Å². The van der Waals surface area contributed by atoms with Crippen molar-refractivity contribution in [1.29, 1.82) is 0 Å². The number of hydrogen-bond acceptors (Lipinski definition) is 6. The van der Waals surface area contributed by atoms with Gasteiger partial charge in [-0.15, -0.1) is 5.10 Å². The van der Waals surface area contributed by atoms with Gasteiger partial charge in [-0.3, -0.25) is 9.89 Å². The largest absolute Gasteiger partial charge is 0.508 e. The number of aromatic amines is 1. The van der Waals surface area contributed by atoms with Gasteiger partial charge in [-0.1, -0.05) is 12.1 Å². The van der Waals surface area contributed by atoms with Crippen molar-refractivity contribution in [2.75, 3.05) is 5.73 Å². The molecule has 0 spiro atoms. The number of carboxylic acid groups (broad SMARTS) is 1. The monoisotopic (exact) mass is 291 g/mol. The smallest absolute Gasteiger partial charge is 0.326 e. The number of aliphatic carboxylic acids is 1. The van der Waals surface area contributed by atoms with E-state index in [1.165, 1.54) is 12.1 Å². The topological polar surface area (TPSA) is 154 Å². The number of carbonyl (C=O) groups excluding carboxylic acids is 1. The van der Waals surface area contributed by atoms with E-state index in [1.54, 1.807) is 12.1 Å². The molecule has 110 valence electrons. The number of hydrogen-bond donors (Lipinski definition) is 5. The number of amides is 1. The van der Waals surface area contributed by atoms with Crippen molar-refractivity contribution in [3.05, 3.63) is 35.7 Å². The molecular formula is C12H13N5O4. The zero-order chi connectivity index (χ0) is 15.4. The molecule has 1 aromatic carbocycles. The fraction of sp³-hybridized carbons (Fsp3) is 0.167. The summed E-state index contributed by atoms with van der Waals surface area (Å²) in [7, 11) is 0. The molecule has 0 radical (unpaired) electrons. The van der Waals surface area contributed by atoms with Gasteiger partial charge in [0.2, 0.25) is 11.8 Å². The third-order valence-corrected chi connectivity index (χ3v) is 2.70. The van der Waals surface area contributed by atoms with Crippen LogP contribution in [-0.2, 0) is 11.2 Å². The normalized spacial score (nSPS) is 11.8. The Hall–Kier alpha value is -3.10. The summed E-state index contributed by atoms with van der Waals surface area (Å²) in [6.07, 6.45) is 0.0605. The second-order valence-electron chi connectivity index (χ2n) is 4.28. The summed E-state index contributed by atoms with van der Waals surface area (Å²) < 4.78 is 0. The lowest BCUT2D eigenvalue weighted by Crippen LogP contribution is -2.42. The quantitative estimate of drug-likeness (QED) is 0.498. The summed E-state index contributed by atoms with van der Waals surface area (Å²) in [6.45, 7) is 0. The van der Waals surface area contributed by atoms with Gasteiger partial charge >= 0.3 is 5.97 Å². The maximum atomic E-state index is 11.8. The van der Waals surface area contributed by atoms with E-state index in [-0.39, 0.29) is 23.9 Å². The van der Waals surface area contributed by atoms with Crippen LogP contribution in [0, 0.1) is 0 Å². The SMILES string of the molecule is Nc1n[nH]c(C(=O)N[C@H](Cc2ccc(O)cc2)C(=O)O)n1. The van der Waals surface area contributed by atoms with E-state index in [0.29, 0.717) is 5.56 Å². The lowest BCUT2D eigenvalue weighted by atomic mass is 10.1. The molecule has 6 N–H and O–H groups in total. The van der Waals surface area contributed by atoms with Crippen molar-refractivity contribution >= 4 is 17.8 Å². The molecule has 0 aliphatic rings. The van der Waals surface area contributed by atoms with E-state index in [1.807, 2.05) is 0 Å². The maximum Gasteiger partial charge on any atom is 0.326 e. The first-order chi connectivity index (χ1) is 9.95. The maximum absolute atomic E-state index is 11.8. The number of nitrogen functional groups attached to an aromatic ring is 1. The fourth-order valence-electron chi connectivity index (χ4n) is 1.67. The van der Waals surface area contributed by atoms with E-state index < -0.39 is 17.9 Å². The number of aromatic nitrogens is 3. The number of aromatic hydroxyl groups is 1. The van der Waals surface area contributed by atoms with Crippen molar-refractivity contribution < 1.29 is 19.8 Å². The molecule has 21 heavy (non-hydrogen) atoms. The predicted octanol–water partition coefficient (Wildman–Crippen LogP) is -0.482. The number of nitrogens with one attached hydrogen (secondary N) is 2. The van der Waals surface area contributed by atoms with Crippen LogP contribution in [0.3, 0.4) is 0 Å². The number of carbonyl (C=O) groups is 2.